The number of sulfonamides is 2. The molecule has 0 spiro atoms. The van der Waals surface area contributed by atoms with Gasteiger partial charge >= 0.3 is 0 Å². The first-order chi connectivity index (χ1) is 17.2. The molecular formula is C24H24Cl3N3O5S2. The fourth-order valence-corrected chi connectivity index (χ4v) is 6.18. The standard InChI is InChI=1S/C24H24Cl3N3O5S2/c1-16-4-9-21(36(32,33)29(2)3)13-23(16)28-24(31)15-30(14-17-5-6-19(26)12-22(17)27)37(34,35)20-10-7-18(25)8-11-20/h4-13H,14-15H2,1-3H3,(H,28,31). The van der Waals surface area contributed by atoms with E-state index in [2.05, 4.69) is 5.32 Å². The van der Waals surface area contributed by atoms with Crippen LogP contribution in [0.15, 0.2) is 70.5 Å². The lowest BCUT2D eigenvalue weighted by Gasteiger charge is -2.23. The molecule has 0 heterocycles. The van der Waals surface area contributed by atoms with Crippen molar-refractivity contribution in [2.45, 2.75) is 23.3 Å². The summed E-state index contributed by atoms with van der Waals surface area (Å²) < 4.78 is 54.1. The molecule has 0 aromatic heterocycles. The van der Waals surface area contributed by atoms with Crippen LogP contribution in [0.1, 0.15) is 11.1 Å². The number of carbonyl (C=O) groups is 1. The van der Waals surface area contributed by atoms with Gasteiger partial charge in [-0.2, -0.15) is 4.31 Å². The van der Waals surface area contributed by atoms with Crippen LogP contribution in [0.2, 0.25) is 15.1 Å². The van der Waals surface area contributed by atoms with Crippen LogP contribution in [0.5, 0.6) is 0 Å². The van der Waals surface area contributed by atoms with E-state index in [-0.39, 0.29) is 27.0 Å². The van der Waals surface area contributed by atoms with E-state index in [1.807, 2.05) is 0 Å². The maximum Gasteiger partial charge on any atom is 0.243 e. The van der Waals surface area contributed by atoms with E-state index in [0.717, 1.165) is 8.61 Å². The molecular weight excluding hydrogens is 581 g/mol. The smallest absolute Gasteiger partial charge is 0.243 e. The molecule has 3 aromatic carbocycles. The van der Waals surface area contributed by atoms with E-state index < -0.39 is 32.5 Å². The highest BCUT2D eigenvalue weighted by molar-refractivity contribution is 7.89. The quantitative estimate of drug-likeness (QED) is 0.369. The van der Waals surface area contributed by atoms with E-state index >= 15 is 0 Å². The van der Waals surface area contributed by atoms with Gasteiger partial charge in [0.05, 0.1) is 16.3 Å². The average Bonchev–Trinajstić information content (AvgIpc) is 2.81. The van der Waals surface area contributed by atoms with Gasteiger partial charge in [-0.25, -0.2) is 21.1 Å². The summed E-state index contributed by atoms with van der Waals surface area (Å²) in [7, 11) is -5.12. The van der Waals surface area contributed by atoms with Crippen LogP contribution in [-0.2, 0) is 31.4 Å². The van der Waals surface area contributed by atoms with Crippen LogP contribution in [0.4, 0.5) is 5.69 Å². The highest BCUT2D eigenvalue weighted by Crippen LogP contribution is 2.27. The summed E-state index contributed by atoms with van der Waals surface area (Å²) in [5.41, 5.74) is 1.27. The van der Waals surface area contributed by atoms with Crippen molar-refractivity contribution in [3.8, 4) is 0 Å². The second-order valence-corrected chi connectivity index (χ2v) is 13.6. The van der Waals surface area contributed by atoms with Gasteiger partial charge in [-0.1, -0.05) is 46.9 Å². The Morgan fingerprint density at radius 2 is 1.41 bits per heavy atom. The van der Waals surface area contributed by atoms with Crippen molar-refractivity contribution in [2.75, 3.05) is 26.0 Å². The normalized spacial score (nSPS) is 12.2. The van der Waals surface area contributed by atoms with E-state index in [0.29, 0.717) is 21.2 Å². The summed E-state index contributed by atoms with van der Waals surface area (Å²) in [4.78, 5) is 13.0. The molecule has 0 radical (unpaired) electrons. The van der Waals surface area contributed by atoms with Gasteiger partial charge in [-0.3, -0.25) is 4.79 Å². The van der Waals surface area contributed by atoms with E-state index in [1.165, 1.54) is 56.6 Å². The highest BCUT2D eigenvalue weighted by Gasteiger charge is 2.28. The van der Waals surface area contributed by atoms with Crippen LogP contribution in [-0.4, -0.2) is 52.0 Å². The summed E-state index contributed by atoms with van der Waals surface area (Å²) in [6.07, 6.45) is 0. The molecule has 0 saturated heterocycles. The largest absolute Gasteiger partial charge is 0.325 e. The van der Waals surface area contributed by atoms with Crippen LogP contribution < -0.4 is 5.32 Å². The molecule has 13 heteroatoms. The van der Waals surface area contributed by atoms with Gasteiger partial charge in [0.1, 0.15) is 0 Å². The first kappa shape index (κ1) is 29.4. The predicted octanol–water partition coefficient (Wildman–Crippen LogP) is 5.04. The molecule has 0 aliphatic rings. The van der Waals surface area contributed by atoms with Gasteiger partial charge in [-0.15, -0.1) is 0 Å². The van der Waals surface area contributed by atoms with Crippen molar-refractivity contribution in [3.63, 3.8) is 0 Å². The Morgan fingerprint density at radius 3 is 2.00 bits per heavy atom. The number of benzene rings is 3. The average molecular weight is 605 g/mol. The summed E-state index contributed by atoms with van der Waals surface area (Å²) in [6, 6.07) is 14.5. The van der Waals surface area contributed by atoms with Crippen LogP contribution in [0.25, 0.3) is 0 Å². The molecule has 8 nitrogen and oxygen atoms in total. The number of rotatable bonds is 9. The zero-order valence-electron chi connectivity index (χ0n) is 20.1. The molecule has 0 bridgehead atoms. The van der Waals surface area contributed by atoms with Gasteiger partial charge in [0.2, 0.25) is 26.0 Å². The fourth-order valence-electron chi connectivity index (χ4n) is 3.28. The van der Waals surface area contributed by atoms with Gasteiger partial charge in [0.15, 0.2) is 0 Å². The molecule has 1 N–H and O–H groups in total. The van der Waals surface area contributed by atoms with Crippen LogP contribution in [0, 0.1) is 6.92 Å². The van der Waals surface area contributed by atoms with Crippen molar-refractivity contribution in [1.29, 1.82) is 0 Å². The Morgan fingerprint density at radius 1 is 0.811 bits per heavy atom. The number of nitrogens with zero attached hydrogens (tertiary/aromatic N) is 2. The van der Waals surface area contributed by atoms with Gasteiger partial charge in [-0.05, 0) is 66.6 Å². The molecule has 198 valence electrons. The van der Waals surface area contributed by atoms with Gasteiger partial charge in [0, 0.05) is 41.4 Å². The maximum atomic E-state index is 13.5. The lowest BCUT2D eigenvalue weighted by Crippen LogP contribution is -2.37. The lowest BCUT2D eigenvalue weighted by atomic mass is 10.2. The van der Waals surface area contributed by atoms with Crippen molar-refractivity contribution < 1.29 is 21.6 Å². The zero-order chi connectivity index (χ0) is 27.5. The molecule has 3 rings (SSSR count). The monoisotopic (exact) mass is 603 g/mol. The topological polar surface area (TPSA) is 104 Å². The second kappa shape index (κ2) is 11.7. The fraction of sp³-hybridized carbons (Fsp3) is 0.208. The van der Waals surface area contributed by atoms with E-state index in [1.54, 1.807) is 25.1 Å². The highest BCUT2D eigenvalue weighted by atomic mass is 35.5. The Hall–Kier alpha value is -2.18. The van der Waals surface area contributed by atoms with E-state index in [4.69, 9.17) is 34.8 Å². The third-order valence-electron chi connectivity index (χ3n) is 5.39. The number of hydrogen-bond donors (Lipinski definition) is 1. The number of nitrogens with one attached hydrogen (secondary N) is 1. The molecule has 37 heavy (non-hydrogen) atoms. The molecule has 0 fully saturated rings. The van der Waals surface area contributed by atoms with E-state index in [9.17, 15) is 21.6 Å². The predicted molar refractivity (Wildman–Crippen MR) is 146 cm³/mol. The first-order valence-corrected chi connectivity index (χ1v) is 14.8. The van der Waals surface area contributed by atoms with Crippen LogP contribution in [0.3, 0.4) is 0 Å². The number of aryl methyl sites for hydroxylation is 1. The summed E-state index contributed by atoms with van der Waals surface area (Å²) >= 11 is 18.2. The minimum Gasteiger partial charge on any atom is -0.325 e. The zero-order valence-corrected chi connectivity index (χ0v) is 24.0. The molecule has 0 saturated carbocycles. The third-order valence-corrected chi connectivity index (χ3v) is 9.85. The minimum absolute atomic E-state index is 0.0167. The summed E-state index contributed by atoms with van der Waals surface area (Å²) in [6.45, 7) is 0.897. The maximum absolute atomic E-state index is 13.5. The van der Waals surface area contributed by atoms with Crippen molar-refractivity contribution in [3.05, 3.63) is 86.9 Å². The molecule has 1 amide bonds. The molecule has 0 aliphatic heterocycles. The summed E-state index contributed by atoms with van der Waals surface area (Å²) in [5.74, 6) is -0.676. The number of amides is 1. The molecule has 0 unspecified atom stereocenters. The van der Waals surface area contributed by atoms with Crippen molar-refractivity contribution in [2.24, 2.45) is 0 Å². The number of carbonyl (C=O) groups excluding carboxylic acids is 1. The Bertz CT molecular complexity index is 1530. The Kier molecular flexibility index (Phi) is 9.28. The molecule has 3 aromatic rings. The Labute approximate surface area is 231 Å². The third kappa shape index (κ3) is 7.02. The number of halogens is 3. The number of anilines is 1. The molecule has 0 atom stereocenters. The van der Waals surface area contributed by atoms with Crippen molar-refractivity contribution in [1.82, 2.24) is 8.61 Å². The SMILES string of the molecule is Cc1ccc(S(=O)(=O)N(C)C)cc1NC(=O)CN(Cc1ccc(Cl)cc1Cl)S(=O)(=O)c1ccc(Cl)cc1. The molecule has 0 aliphatic carbocycles. The van der Waals surface area contributed by atoms with Crippen LogP contribution >= 0.6 is 34.8 Å². The van der Waals surface area contributed by atoms with Gasteiger partial charge in [0.25, 0.3) is 0 Å². The first-order valence-electron chi connectivity index (χ1n) is 10.7. The Balaban J connectivity index is 1.95. The second-order valence-electron chi connectivity index (χ2n) is 8.28. The lowest BCUT2D eigenvalue weighted by molar-refractivity contribution is -0.116. The summed E-state index contributed by atoms with van der Waals surface area (Å²) in [5, 5.41) is 3.60. The number of hydrogen-bond acceptors (Lipinski definition) is 5. The minimum atomic E-state index is -4.16. The van der Waals surface area contributed by atoms with Gasteiger partial charge < -0.3 is 5.32 Å². The van der Waals surface area contributed by atoms with Crippen molar-refractivity contribution >= 4 is 66.4 Å².